The number of nitrogens with one attached hydrogen (secondary N) is 1. The number of amides is 1. The van der Waals surface area contributed by atoms with Gasteiger partial charge in [-0.05, 0) is 42.8 Å². The van der Waals surface area contributed by atoms with Gasteiger partial charge >= 0.3 is 5.97 Å². The molecule has 1 amide bonds. The van der Waals surface area contributed by atoms with Crippen LogP contribution in [0.1, 0.15) is 12.0 Å². The Morgan fingerprint density at radius 1 is 1.04 bits per heavy atom. The Bertz CT molecular complexity index is 822. The fourth-order valence-electron chi connectivity index (χ4n) is 2.26. The molecule has 0 aliphatic heterocycles. The summed E-state index contributed by atoms with van der Waals surface area (Å²) in [5.41, 5.74) is 1.23. The molecule has 0 fully saturated rings. The highest BCUT2D eigenvalue weighted by Crippen LogP contribution is 2.30. The van der Waals surface area contributed by atoms with Gasteiger partial charge in [-0.25, -0.2) is 0 Å². The maximum atomic E-state index is 12.0. The molecule has 0 aliphatic rings. The van der Waals surface area contributed by atoms with Crippen LogP contribution in [0.5, 0.6) is 17.2 Å². The lowest BCUT2D eigenvalue weighted by Gasteiger charge is -2.12. The Balaban J connectivity index is 1.74. The number of carbonyl (C=O) groups excluding carboxylic acids is 2. The van der Waals surface area contributed by atoms with E-state index < -0.39 is 18.5 Å². The van der Waals surface area contributed by atoms with Gasteiger partial charge in [0, 0.05) is 11.1 Å². The largest absolute Gasteiger partial charge is 0.497 e. The van der Waals surface area contributed by atoms with Gasteiger partial charge in [0.1, 0.15) is 17.2 Å². The first-order chi connectivity index (χ1) is 13.4. The standard InChI is InChI=1S/C20H22ClNO6/c1-13-10-17(18(26-3)11-16(13)21)22-19(23)12-28-20(24)8-9-27-15-6-4-14(25-2)5-7-15/h4-7,10-11H,8-9,12H2,1-3H3,(H,22,23). The monoisotopic (exact) mass is 407 g/mol. The molecule has 28 heavy (non-hydrogen) atoms. The third kappa shape index (κ3) is 6.35. The van der Waals surface area contributed by atoms with Crippen molar-refractivity contribution in [2.75, 3.05) is 32.8 Å². The van der Waals surface area contributed by atoms with Gasteiger partial charge in [0.25, 0.3) is 5.91 Å². The molecule has 1 N–H and O–H groups in total. The molecule has 0 radical (unpaired) electrons. The van der Waals surface area contributed by atoms with E-state index in [1.807, 2.05) is 0 Å². The van der Waals surface area contributed by atoms with E-state index in [1.54, 1.807) is 50.4 Å². The predicted molar refractivity (Wildman–Crippen MR) is 105 cm³/mol. The van der Waals surface area contributed by atoms with E-state index in [9.17, 15) is 9.59 Å². The van der Waals surface area contributed by atoms with Crippen LogP contribution in [0.4, 0.5) is 5.69 Å². The quantitative estimate of drug-likeness (QED) is 0.639. The first-order valence-electron chi connectivity index (χ1n) is 8.49. The summed E-state index contributed by atoms with van der Waals surface area (Å²) < 4.78 is 20.6. The summed E-state index contributed by atoms with van der Waals surface area (Å²) in [7, 11) is 3.05. The second-order valence-corrected chi connectivity index (χ2v) is 6.19. The van der Waals surface area contributed by atoms with E-state index >= 15 is 0 Å². The Kier molecular flexibility index (Phi) is 7.95. The molecule has 0 heterocycles. The van der Waals surface area contributed by atoms with Gasteiger partial charge < -0.3 is 24.3 Å². The Morgan fingerprint density at radius 2 is 1.71 bits per heavy atom. The SMILES string of the molecule is COc1ccc(OCCC(=O)OCC(=O)Nc2cc(C)c(Cl)cc2OC)cc1. The molecule has 0 saturated carbocycles. The minimum absolute atomic E-state index is 0.0166. The molecule has 0 saturated heterocycles. The molecule has 2 aromatic rings. The molecule has 2 aromatic carbocycles. The second-order valence-electron chi connectivity index (χ2n) is 5.78. The third-order valence-corrected chi connectivity index (χ3v) is 4.16. The van der Waals surface area contributed by atoms with Crippen molar-refractivity contribution in [1.82, 2.24) is 0 Å². The number of carbonyl (C=O) groups is 2. The number of anilines is 1. The summed E-state index contributed by atoms with van der Waals surface area (Å²) in [6.45, 7) is 1.53. The van der Waals surface area contributed by atoms with Gasteiger partial charge in [-0.15, -0.1) is 0 Å². The van der Waals surface area contributed by atoms with E-state index in [-0.39, 0.29) is 13.0 Å². The number of aryl methyl sites for hydroxylation is 1. The smallest absolute Gasteiger partial charge is 0.309 e. The van der Waals surface area contributed by atoms with E-state index in [4.69, 9.17) is 30.5 Å². The first-order valence-corrected chi connectivity index (χ1v) is 8.87. The Morgan fingerprint density at radius 3 is 2.36 bits per heavy atom. The van der Waals surface area contributed by atoms with Crippen LogP contribution in [0, 0.1) is 6.92 Å². The third-order valence-electron chi connectivity index (χ3n) is 3.75. The van der Waals surface area contributed by atoms with Crippen LogP contribution >= 0.6 is 11.6 Å². The normalized spacial score (nSPS) is 10.1. The van der Waals surface area contributed by atoms with Crippen molar-refractivity contribution in [1.29, 1.82) is 0 Å². The summed E-state index contributed by atoms with van der Waals surface area (Å²) in [5.74, 6) is 0.720. The number of benzene rings is 2. The van der Waals surface area contributed by atoms with E-state index in [0.717, 1.165) is 5.56 Å². The Hall–Kier alpha value is -2.93. The van der Waals surface area contributed by atoms with Crippen molar-refractivity contribution in [2.45, 2.75) is 13.3 Å². The lowest BCUT2D eigenvalue weighted by atomic mass is 10.2. The highest BCUT2D eigenvalue weighted by Gasteiger charge is 2.12. The summed E-state index contributed by atoms with van der Waals surface area (Å²) in [5, 5.41) is 3.16. The molecule has 0 spiro atoms. The predicted octanol–water partition coefficient (Wildman–Crippen LogP) is 3.62. The van der Waals surface area contributed by atoms with Crippen LogP contribution in [-0.4, -0.2) is 39.3 Å². The molecule has 2 rings (SSSR count). The van der Waals surface area contributed by atoms with E-state index in [2.05, 4.69) is 5.32 Å². The molecular weight excluding hydrogens is 386 g/mol. The molecule has 0 aromatic heterocycles. The van der Waals surface area contributed by atoms with Crippen LogP contribution < -0.4 is 19.5 Å². The summed E-state index contributed by atoms with van der Waals surface area (Å²) in [6.07, 6.45) is 0.0166. The van der Waals surface area contributed by atoms with Crippen LogP contribution in [-0.2, 0) is 14.3 Å². The van der Waals surface area contributed by atoms with Crippen LogP contribution in [0.3, 0.4) is 0 Å². The van der Waals surface area contributed by atoms with Crippen molar-refractivity contribution >= 4 is 29.2 Å². The van der Waals surface area contributed by atoms with Crippen molar-refractivity contribution in [3.05, 3.63) is 47.0 Å². The molecule has 0 aliphatic carbocycles. The molecule has 150 valence electrons. The van der Waals surface area contributed by atoms with Crippen molar-refractivity contribution < 1.29 is 28.5 Å². The minimum Gasteiger partial charge on any atom is -0.497 e. The average Bonchev–Trinajstić information content (AvgIpc) is 2.69. The molecule has 0 atom stereocenters. The number of esters is 1. The highest BCUT2D eigenvalue weighted by atomic mass is 35.5. The molecule has 7 nitrogen and oxygen atoms in total. The van der Waals surface area contributed by atoms with Crippen LogP contribution in [0.25, 0.3) is 0 Å². The first kappa shape index (κ1) is 21.4. The van der Waals surface area contributed by atoms with Gasteiger partial charge in [-0.1, -0.05) is 11.6 Å². The van der Waals surface area contributed by atoms with Crippen molar-refractivity contribution in [3.63, 3.8) is 0 Å². The zero-order valence-electron chi connectivity index (χ0n) is 15.9. The maximum Gasteiger partial charge on any atom is 0.309 e. The summed E-state index contributed by atoms with van der Waals surface area (Å²) in [6, 6.07) is 10.3. The van der Waals surface area contributed by atoms with Gasteiger partial charge in [-0.2, -0.15) is 0 Å². The van der Waals surface area contributed by atoms with E-state index in [1.165, 1.54) is 7.11 Å². The topological polar surface area (TPSA) is 83.1 Å². The fraction of sp³-hybridized carbons (Fsp3) is 0.300. The van der Waals surface area contributed by atoms with Crippen LogP contribution in [0.2, 0.25) is 5.02 Å². The number of halogens is 1. The molecule has 0 bridgehead atoms. The lowest BCUT2D eigenvalue weighted by Crippen LogP contribution is -2.22. The molecule has 8 heteroatoms. The number of ether oxygens (including phenoxy) is 4. The number of hydrogen-bond acceptors (Lipinski definition) is 6. The number of hydrogen-bond donors (Lipinski definition) is 1. The van der Waals surface area contributed by atoms with E-state index in [0.29, 0.717) is 28.0 Å². The van der Waals surface area contributed by atoms with Crippen molar-refractivity contribution in [2.24, 2.45) is 0 Å². The highest BCUT2D eigenvalue weighted by molar-refractivity contribution is 6.31. The minimum atomic E-state index is -0.539. The lowest BCUT2D eigenvalue weighted by molar-refractivity contribution is -0.147. The maximum absolute atomic E-state index is 12.0. The summed E-state index contributed by atoms with van der Waals surface area (Å²) >= 11 is 6.03. The van der Waals surface area contributed by atoms with Gasteiger partial charge in [0.05, 0.1) is 32.9 Å². The van der Waals surface area contributed by atoms with Gasteiger partial charge in [0.15, 0.2) is 6.61 Å². The van der Waals surface area contributed by atoms with Gasteiger partial charge in [-0.3, -0.25) is 9.59 Å². The zero-order chi connectivity index (χ0) is 20.5. The molecule has 0 unspecified atom stereocenters. The van der Waals surface area contributed by atoms with Gasteiger partial charge in [0.2, 0.25) is 0 Å². The second kappa shape index (κ2) is 10.4. The average molecular weight is 408 g/mol. The van der Waals surface area contributed by atoms with Crippen molar-refractivity contribution in [3.8, 4) is 17.2 Å². The number of rotatable bonds is 9. The zero-order valence-corrected chi connectivity index (χ0v) is 16.7. The van der Waals surface area contributed by atoms with Crippen LogP contribution in [0.15, 0.2) is 36.4 Å². The summed E-state index contributed by atoms with van der Waals surface area (Å²) in [4.78, 5) is 23.8. The Labute approximate surface area is 168 Å². The fourth-order valence-corrected chi connectivity index (χ4v) is 2.41. The molecular formula is C20H22ClNO6. The number of methoxy groups -OCH3 is 2.